The molecule has 0 bridgehead atoms. The number of carbonyl (C=O) groups is 2. The Balaban J connectivity index is 1.43. The van der Waals surface area contributed by atoms with Crippen molar-refractivity contribution in [3.05, 3.63) is 47.7 Å². The highest BCUT2D eigenvalue weighted by molar-refractivity contribution is 6.02. The predicted molar refractivity (Wildman–Crippen MR) is 128 cm³/mol. The van der Waals surface area contributed by atoms with Crippen LogP contribution in [0.1, 0.15) is 51.8 Å². The molecule has 0 atom stereocenters. The van der Waals surface area contributed by atoms with E-state index >= 15 is 0 Å². The molecule has 2 fully saturated rings. The molecule has 1 spiro atoms. The SMILES string of the molecule is [2H]C([2H])([2H])NC(=O)c1cnc(NC(=O)C2CC2)cc1Nc1cccc2c1N(C)C1(CC1)c1nc(C#N)nn1-2. The molecule has 3 aromatic rings. The minimum atomic E-state index is -2.69. The zero-order valence-electron chi connectivity index (χ0n) is 21.8. The third kappa shape index (κ3) is 3.29. The molecule has 35 heavy (non-hydrogen) atoms. The normalized spacial score (nSPS) is 18.3. The number of anilines is 4. The van der Waals surface area contributed by atoms with E-state index in [1.807, 2.05) is 30.6 Å². The maximum atomic E-state index is 12.9. The van der Waals surface area contributed by atoms with Gasteiger partial charge in [-0.15, -0.1) is 5.10 Å². The summed E-state index contributed by atoms with van der Waals surface area (Å²) in [6.45, 7) is -2.69. The first-order valence-corrected chi connectivity index (χ1v) is 11.2. The molecule has 1 aromatic carbocycles. The second kappa shape index (κ2) is 7.53. The molecule has 11 nitrogen and oxygen atoms in total. The lowest BCUT2D eigenvalue weighted by molar-refractivity contribution is -0.117. The molecule has 3 aliphatic rings. The number of hydrogen-bond donors (Lipinski definition) is 3. The molecule has 0 radical (unpaired) electrons. The second-order valence-electron chi connectivity index (χ2n) is 9.00. The number of nitrogens with zero attached hydrogens (tertiary/aromatic N) is 6. The highest BCUT2D eigenvalue weighted by Gasteiger charge is 2.55. The van der Waals surface area contributed by atoms with Crippen LogP contribution in [0.25, 0.3) is 5.69 Å². The van der Waals surface area contributed by atoms with Crippen molar-refractivity contribution in [2.45, 2.75) is 31.2 Å². The molecular weight excluding hydrogens is 446 g/mol. The first-order chi connectivity index (χ1) is 18.1. The third-order valence-electron chi connectivity index (χ3n) is 6.80. The average Bonchev–Trinajstić information content (AvgIpc) is 3.79. The molecule has 3 N–H and O–H groups in total. The van der Waals surface area contributed by atoms with E-state index in [4.69, 9.17) is 4.11 Å². The molecule has 2 aromatic heterocycles. The van der Waals surface area contributed by atoms with Crippen molar-refractivity contribution in [3.63, 3.8) is 0 Å². The number of amides is 2. The number of aromatic nitrogens is 4. The number of pyridine rings is 1. The van der Waals surface area contributed by atoms with Crippen LogP contribution in [0.2, 0.25) is 0 Å². The Morgan fingerprint density at radius 3 is 2.83 bits per heavy atom. The first-order valence-electron chi connectivity index (χ1n) is 12.7. The lowest BCUT2D eigenvalue weighted by Crippen LogP contribution is -2.39. The van der Waals surface area contributed by atoms with E-state index in [9.17, 15) is 14.9 Å². The topological polar surface area (TPSA) is 141 Å². The van der Waals surface area contributed by atoms with Gasteiger partial charge in [0.25, 0.3) is 11.7 Å². The van der Waals surface area contributed by atoms with Crippen LogP contribution in [0.5, 0.6) is 0 Å². The summed E-state index contributed by atoms with van der Waals surface area (Å²) in [6.07, 6.45) is 4.54. The Bertz CT molecular complexity index is 1530. The fourth-order valence-corrected chi connectivity index (χ4v) is 4.62. The van der Waals surface area contributed by atoms with Gasteiger partial charge in [-0.05, 0) is 37.8 Å². The van der Waals surface area contributed by atoms with Gasteiger partial charge in [-0.25, -0.2) is 9.67 Å². The van der Waals surface area contributed by atoms with Crippen molar-refractivity contribution in [1.29, 1.82) is 5.26 Å². The maximum absolute atomic E-state index is 12.9. The fraction of sp³-hybridized carbons (Fsp3) is 0.333. The number of benzene rings is 1. The fourth-order valence-electron chi connectivity index (χ4n) is 4.62. The van der Waals surface area contributed by atoms with E-state index in [1.165, 1.54) is 12.3 Å². The number of hydrogen-bond acceptors (Lipinski definition) is 8. The molecule has 2 saturated carbocycles. The maximum Gasteiger partial charge on any atom is 0.254 e. The van der Waals surface area contributed by atoms with Gasteiger partial charge in [-0.1, -0.05) is 6.07 Å². The van der Waals surface area contributed by atoms with E-state index in [0.29, 0.717) is 17.2 Å². The van der Waals surface area contributed by atoms with Crippen LogP contribution in [-0.4, -0.2) is 45.6 Å². The van der Waals surface area contributed by atoms with Gasteiger partial charge in [-0.2, -0.15) is 10.2 Å². The number of nitrogens with one attached hydrogen (secondary N) is 3. The van der Waals surface area contributed by atoms with Gasteiger partial charge >= 0.3 is 0 Å². The van der Waals surface area contributed by atoms with E-state index in [-0.39, 0.29) is 34.7 Å². The Morgan fingerprint density at radius 2 is 2.11 bits per heavy atom. The van der Waals surface area contributed by atoms with Crippen LogP contribution < -0.4 is 20.9 Å². The Labute approximate surface area is 205 Å². The van der Waals surface area contributed by atoms with E-state index in [0.717, 1.165) is 31.4 Å². The lowest BCUT2D eigenvalue weighted by Gasteiger charge is -2.37. The monoisotopic (exact) mass is 472 g/mol. The average molecular weight is 473 g/mol. The van der Waals surface area contributed by atoms with Gasteiger partial charge in [0.2, 0.25) is 5.91 Å². The zero-order chi connectivity index (χ0) is 26.8. The van der Waals surface area contributed by atoms with Gasteiger partial charge in [0.1, 0.15) is 17.4 Å². The van der Waals surface area contributed by atoms with Crippen molar-refractivity contribution < 1.29 is 13.7 Å². The minimum absolute atomic E-state index is 0.00374. The standard InChI is InChI=1S/C24H23N9O2/c1-26-22(35)14-12-27-18(29-21(34)13-6-7-13)10-16(14)28-15-4-3-5-17-20(15)32(2)24(8-9-24)23-30-19(11-25)31-33(17)23/h3-5,10,12-13H,6-9H2,1-2H3,(H,26,35)(H2,27,28,29,34)/i1D3. The molecule has 176 valence electrons. The number of fused-ring (bicyclic) bond motifs is 4. The number of rotatable bonds is 5. The summed E-state index contributed by atoms with van der Waals surface area (Å²) in [6, 6.07) is 9.02. The molecule has 0 saturated heterocycles. The van der Waals surface area contributed by atoms with Gasteiger partial charge < -0.3 is 20.9 Å². The third-order valence-corrected chi connectivity index (χ3v) is 6.80. The predicted octanol–water partition coefficient (Wildman–Crippen LogP) is 2.42. The van der Waals surface area contributed by atoms with E-state index in [2.05, 4.69) is 30.6 Å². The molecule has 0 unspecified atom stereocenters. The van der Waals surface area contributed by atoms with E-state index < -0.39 is 18.4 Å². The summed E-state index contributed by atoms with van der Waals surface area (Å²) in [5, 5.41) is 21.8. The summed E-state index contributed by atoms with van der Waals surface area (Å²) in [7, 11) is 1.94. The number of para-hydroxylation sites is 1. The largest absolute Gasteiger partial charge is 0.358 e. The molecule has 1 aliphatic heterocycles. The number of nitriles is 1. The van der Waals surface area contributed by atoms with Crippen LogP contribution in [0.15, 0.2) is 30.5 Å². The van der Waals surface area contributed by atoms with Crippen LogP contribution in [0.4, 0.5) is 22.9 Å². The zero-order valence-corrected chi connectivity index (χ0v) is 18.8. The molecule has 2 aliphatic carbocycles. The van der Waals surface area contributed by atoms with Gasteiger partial charge in [-0.3, -0.25) is 9.59 Å². The van der Waals surface area contributed by atoms with Gasteiger partial charge in [0.05, 0.1) is 28.3 Å². The van der Waals surface area contributed by atoms with Gasteiger partial charge in [0.15, 0.2) is 5.82 Å². The summed E-state index contributed by atoms with van der Waals surface area (Å²) in [5.41, 5.74) is 1.94. The van der Waals surface area contributed by atoms with Crippen molar-refractivity contribution in [1.82, 2.24) is 25.1 Å². The summed E-state index contributed by atoms with van der Waals surface area (Å²) >= 11 is 0. The van der Waals surface area contributed by atoms with Gasteiger partial charge in [0, 0.05) is 36.3 Å². The summed E-state index contributed by atoms with van der Waals surface area (Å²) in [4.78, 5) is 35.9. The van der Waals surface area contributed by atoms with Crippen molar-refractivity contribution in [2.75, 3.05) is 29.6 Å². The lowest BCUT2D eigenvalue weighted by atomic mass is 10.1. The molecule has 2 amide bonds. The highest BCUT2D eigenvalue weighted by atomic mass is 16.2. The van der Waals surface area contributed by atoms with Crippen molar-refractivity contribution in [2.24, 2.45) is 5.92 Å². The Kier molecular flexibility index (Phi) is 3.86. The van der Waals surface area contributed by atoms with Crippen LogP contribution >= 0.6 is 0 Å². The van der Waals surface area contributed by atoms with E-state index in [1.54, 1.807) is 10.7 Å². The molecule has 6 rings (SSSR count). The first kappa shape index (κ1) is 17.9. The van der Waals surface area contributed by atoms with Crippen LogP contribution in [0, 0.1) is 17.2 Å². The second-order valence-corrected chi connectivity index (χ2v) is 9.00. The molecule has 11 heteroatoms. The summed E-state index contributed by atoms with van der Waals surface area (Å²) in [5.74, 6) is -0.0142. The molecule has 3 heterocycles. The highest BCUT2D eigenvalue weighted by Crippen LogP contribution is 2.57. The molecular formula is C24H23N9O2. The Morgan fingerprint density at radius 1 is 1.29 bits per heavy atom. The van der Waals surface area contributed by atoms with Crippen LogP contribution in [0.3, 0.4) is 0 Å². The summed E-state index contributed by atoms with van der Waals surface area (Å²) < 4.78 is 24.0. The Hall–Kier alpha value is -4.46. The van der Waals surface area contributed by atoms with Crippen molar-refractivity contribution >= 4 is 34.7 Å². The van der Waals surface area contributed by atoms with Crippen molar-refractivity contribution in [3.8, 4) is 11.8 Å². The minimum Gasteiger partial charge on any atom is -0.358 e. The number of carbonyl (C=O) groups excluding carboxylic acids is 2. The quantitative estimate of drug-likeness (QED) is 0.514. The smallest absolute Gasteiger partial charge is 0.254 e. The van der Waals surface area contributed by atoms with Crippen LogP contribution in [-0.2, 0) is 10.3 Å².